The van der Waals surface area contributed by atoms with Crippen LogP contribution >= 0.6 is 0 Å². The molecule has 4 aromatic rings. The third-order valence-electron chi connectivity index (χ3n) is 8.01. The van der Waals surface area contributed by atoms with Crippen LogP contribution < -0.4 is 20.9 Å². The monoisotopic (exact) mass is 506 g/mol. The second-order valence-corrected chi connectivity index (χ2v) is 11.1. The molecule has 1 saturated carbocycles. The summed E-state index contributed by atoms with van der Waals surface area (Å²) in [6.07, 6.45) is 3.58. The Hall–Kier alpha value is -3.92. The highest BCUT2D eigenvalue weighted by Gasteiger charge is 2.46. The lowest BCUT2D eigenvalue weighted by atomic mass is 9.54. The third-order valence-corrected chi connectivity index (χ3v) is 8.01. The fourth-order valence-electron chi connectivity index (χ4n) is 6.32. The molecule has 0 heterocycles. The van der Waals surface area contributed by atoms with Crippen LogP contribution in [0.5, 0.6) is 23.0 Å². The molecule has 1 aliphatic rings. The van der Waals surface area contributed by atoms with Crippen LogP contribution in [0.3, 0.4) is 0 Å². The van der Waals surface area contributed by atoms with Gasteiger partial charge < -0.3 is 20.9 Å². The number of rotatable bonds is 7. The van der Waals surface area contributed by atoms with Crippen LogP contribution in [-0.4, -0.2) is 0 Å². The van der Waals surface area contributed by atoms with Crippen molar-refractivity contribution in [1.82, 2.24) is 0 Å². The number of anilines is 2. The van der Waals surface area contributed by atoms with Gasteiger partial charge in [0.05, 0.1) is 0 Å². The molecule has 0 amide bonds. The minimum atomic E-state index is -0.0861. The number of hydrogen-bond acceptors (Lipinski definition) is 4. The normalized spacial score (nSPS) is 18.7. The Labute approximate surface area is 226 Å². The zero-order valence-corrected chi connectivity index (χ0v) is 22.6. The highest BCUT2D eigenvalue weighted by molar-refractivity contribution is 5.49. The molecular weight excluding hydrogens is 468 g/mol. The van der Waals surface area contributed by atoms with Crippen molar-refractivity contribution in [2.75, 3.05) is 11.5 Å². The highest BCUT2D eigenvalue weighted by atomic mass is 16.5. The maximum absolute atomic E-state index is 6.11. The zero-order chi connectivity index (χ0) is 26.7. The maximum Gasteiger partial charge on any atom is 0.129 e. The van der Waals surface area contributed by atoms with Crippen molar-refractivity contribution in [2.24, 2.45) is 17.8 Å². The third kappa shape index (κ3) is 5.35. The van der Waals surface area contributed by atoms with Crippen LogP contribution in [0.1, 0.15) is 51.2 Å². The van der Waals surface area contributed by atoms with Crippen molar-refractivity contribution in [3.63, 3.8) is 0 Å². The lowest BCUT2D eigenvalue weighted by molar-refractivity contribution is 0.135. The van der Waals surface area contributed by atoms with Crippen molar-refractivity contribution in [2.45, 2.75) is 45.4 Å². The van der Waals surface area contributed by atoms with Gasteiger partial charge in [0.2, 0.25) is 0 Å². The molecule has 0 bridgehead atoms. The van der Waals surface area contributed by atoms with Crippen LogP contribution in [0.15, 0.2) is 97.1 Å². The lowest BCUT2D eigenvalue weighted by Gasteiger charge is -2.49. The van der Waals surface area contributed by atoms with Gasteiger partial charge in [-0.2, -0.15) is 0 Å². The fraction of sp³-hybridized carbons (Fsp3) is 0.294. The first kappa shape index (κ1) is 25.7. The van der Waals surface area contributed by atoms with Gasteiger partial charge in [-0.05, 0) is 90.3 Å². The van der Waals surface area contributed by atoms with Gasteiger partial charge in [-0.15, -0.1) is 0 Å². The standard InChI is InChI=1S/C34H38N2O2/c1-23(2)33-19-10-24(3)22-34(33,25-11-15-29(16-12-25)37-31-8-4-6-27(35)20-31)26-13-17-30(18-14-26)38-32-9-5-7-28(36)21-32/h4-9,11-18,20-21,23-24,33H,10,19,22,35-36H2,1-3H3. The Morgan fingerprint density at radius 1 is 0.658 bits per heavy atom. The van der Waals surface area contributed by atoms with Gasteiger partial charge in [-0.1, -0.05) is 63.6 Å². The predicted octanol–water partition coefficient (Wildman–Crippen LogP) is 8.81. The fourth-order valence-corrected chi connectivity index (χ4v) is 6.32. The molecule has 2 atom stereocenters. The molecule has 2 unspecified atom stereocenters. The summed E-state index contributed by atoms with van der Waals surface area (Å²) >= 11 is 0. The molecule has 5 rings (SSSR count). The predicted molar refractivity (Wildman–Crippen MR) is 157 cm³/mol. The smallest absolute Gasteiger partial charge is 0.129 e. The van der Waals surface area contributed by atoms with E-state index in [0.29, 0.717) is 29.1 Å². The highest BCUT2D eigenvalue weighted by Crippen LogP contribution is 2.53. The number of nitrogens with two attached hydrogens (primary N) is 2. The van der Waals surface area contributed by atoms with Crippen LogP contribution in [0.4, 0.5) is 11.4 Å². The molecule has 0 aliphatic heterocycles. The maximum atomic E-state index is 6.11. The lowest BCUT2D eigenvalue weighted by Crippen LogP contribution is -2.44. The van der Waals surface area contributed by atoms with E-state index in [1.54, 1.807) is 0 Å². The molecule has 0 saturated heterocycles. The van der Waals surface area contributed by atoms with Crippen LogP contribution in [0, 0.1) is 17.8 Å². The van der Waals surface area contributed by atoms with Crippen LogP contribution in [0.2, 0.25) is 0 Å². The van der Waals surface area contributed by atoms with E-state index in [1.807, 2.05) is 48.5 Å². The van der Waals surface area contributed by atoms with E-state index in [-0.39, 0.29) is 5.41 Å². The molecule has 1 fully saturated rings. The molecule has 0 radical (unpaired) electrons. The summed E-state index contributed by atoms with van der Waals surface area (Å²) in [4.78, 5) is 0. The van der Waals surface area contributed by atoms with Gasteiger partial charge in [0.1, 0.15) is 23.0 Å². The van der Waals surface area contributed by atoms with E-state index in [9.17, 15) is 0 Å². The summed E-state index contributed by atoms with van der Waals surface area (Å²) in [6, 6.07) is 32.5. The average molecular weight is 507 g/mol. The Morgan fingerprint density at radius 2 is 1.13 bits per heavy atom. The molecule has 4 nitrogen and oxygen atoms in total. The summed E-state index contributed by atoms with van der Waals surface area (Å²) in [7, 11) is 0. The van der Waals surface area contributed by atoms with E-state index < -0.39 is 0 Å². The second kappa shape index (κ2) is 10.8. The zero-order valence-electron chi connectivity index (χ0n) is 22.6. The van der Waals surface area contributed by atoms with E-state index in [1.165, 1.54) is 24.0 Å². The molecule has 4 heteroatoms. The quantitative estimate of drug-likeness (QED) is 0.246. The SMILES string of the molecule is CC1CCC(C(C)C)C(c2ccc(Oc3cccc(N)c3)cc2)(c2ccc(Oc3cccc(N)c3)cc2)C1. The van der Waals surface area contributed by atoms with Gasteiger partial charge in [0, 0.05) is 28.9 Å². The molecule has 1 aliphatic carbocycles. The molecule has 4 aromatic carbocycles. The first-order chi connectivity index (χ1) is 18.3. The molecule has 0 aromatic heterocycles. The minimum absolute atomic E-state index is 0.0861. The van der Waals surface area contributed by atoms with Gasteiger partial charge in [-0.25, -0.2) is 0 Å². The van der Waals surface area contributed by atoms with Gasteiger partial charge in [0.25, 0.3) is 0 Å². The number of ether oxygens (including phenoxy) is 2. The van der Waals surface area contributed by atoms with Crippen LogP contribution in [0.25, 0.3) is 0 Å². The average Bonchev–Trinajstić information content (AvgIpc) is 2.89. The van der Waals surface area contributed by atoms with E-state index in [0.717, 1.165) is 29.4 Å². The Kier molecular flexibility index (Phi) is 7.33. The van der Waals surface area contributed by atoms with Gasteiger partial charge in [0.15, 0.2) is 0 Å². The molecule has 4 N–H and O–H groups in total. The second-order valence-electron chi connectivity index (χ2n) is 11.1. The van der Waals surface area contributed by atoms with Crippen LogP contribution in [-0.2, 0) is 5.41 Å². The molecule has 38 heavy (non-hydrogen) atoms. The summed E-state index contributed by atoms with van der Waals surface area (Å²) in [6.45, 7) is 7.12. The van der Waals surface area contributed by atoms with Crippen molar-refractivity contribution >= 4 is 11.4 Å². The van der Waals surface area contributed by atoms with E-state index in [4.69, 9.17) is 20.9 Å². The van der Waals surface area contributed by atoms with Crippen molar-refractivity contribution in [1.29, 1.82) is 0 Å². The number of nitrogen functional groups attached to an aromatic ring is 2. The number of benzene rings is 4. The molecule has 0 spiro atoms. The molecular formula is C34H38N2O2. The Bertz CT molecular complexity index is 1270. The first-order valence-electron chi connectivity index (χ1n) is 13.6. The van der Waals surface area contributed by atoms with E-state index in [2.05, 4.69) is 69.3 Å². The van der Waals surface area contributed by atoms with Crippen molar-refractivity contribution < 1.29 is 9.47 Å². The Morgan fingerprint density at radius 3 is 1.55 bits per heavy atom. The van der Waals surface area contributed by atoms with E-state index >= 15 is 0 Å². The van der Waals surface area contributed by atoms with Crippen molar-refractivity contribution in [3.05, 3.63) is 108 Å². The summed E-state index contributed by atoms with van der Waals surface area (Å²) in [5, 5.41) is 0. The summed E-state index contributed by atoms with van der Waals surface area (Å²) in [5.74, 6) is 4.82. The summed E-state index contributed by atoms with van der Waals surface area (Å²) < 4.78 is 12.2. The van der Waals surface area contributed by atoms with Crippen molar-refractivity contribution in [3.8, 4) is 23.0 Å². The topological polar surface area (TPSA) is 70.5 Å². The number of hydrogen-bond donors (Lipinski definition) is 2. The first-order valence-corrected chi connectivity index (χ1v) is 13.6. The minimum Gasteiger partial charge on any atom is -0.457 e. The van der Waals surface area contributed by atoms with Gasteiger partial charge >= 0.3 is 0 Å². The Balaban J connectivity index is 1.50. The largest absolute Gasteiger partial charge is 0.457 e. The van der Waals surface area contributed by atoms with Gasteiger partial charge in [-0.3, -0.25) is 0 Å². The molecule has 196 valence electrons. The summed E-state index contributed by atoms with van der Waals surface area (Å²) in [5.41, 5.74) is 15.9.